The maximum atomic E-state index is 3.55. The Labute approximate surface area is 391 Å². The van der Waals surface area contributed by atoms with Gasteiger partial charge < -0.3 is 5.32 Å². The molecule has 0 amide bonds. The summed E-state index contributed by atoms with van der Waals surface area (Å²) in [6, 6.07) is 78.2. The van der Waals surface area contributed by atoms with Crippen LogP contribution in [0.15, 0.2) is 237 Å². The lowest BCUT2D eigenvalue weighted by atomic mass is 9.55. The van der Waals surface area contributed by atoms with Crippen molar-refractivity contribution in [2.45, 2.75) is 24.7 Å². The minimum atomic E-state index is -0.419. The third-order valence-electron chi connectivity index (χ3n) is 14.1. The van der Waals surface area contributed by atoms with Crippen LogP contribution in [-0.2, 0) is 10.8 Å². The Kier molecular flexibility index (Phi) is 9.66. The number of rotatable bonds is 8. The van der Waals surface area contributed by atoms with Gasteiger partial charge in [0, 0.05) is 37.5 Å². The van der Waals surface area contributed by atoms with E-state index in [1.54, 1.807) is 0 Å². The molecule has 0 saturated heterocycles. The Bertz CT molecular complexity index is 3510. The summed E-state index contributed by atoms with van der Waals surface area (Å²) >= 11 is 1.86. The highest BCUT2D eigenvalue weighted by atomic mass is 32.1. The number of nitrogens with one attached hydrogen (secondary N) is 1. The number of fused-ring (bicyclic) bond motifs is 12. The number of thiophene rings is 1. The van der Waals surface area contributed by atoms with E-state index in [1.165, 1.54) is 92.5 Å². The maximum absolute atomic E-state index is 3.55. The van der Waals surface area contributed by atoms with Crippen LogP contribution in [0.4, 0.5) is 5.69 Å². The van der Waals surface area contributed by atoms with E-state index in [-0.39, 0.29) is 5.41 Å². The summed E-state index contributed by atoms with van der Waals surface area (Å²) in [4.78, 5) is 0. The number of anilines is 1. The van der Waals surface area contributed by atoms with Crippen molar-refractivity contribution >= 4 is 48.8 Å². The van der Waals surface area contributed by atoms with E-state index in [0.29, 0.717) is 0 Å². The molecule has 0 aliphatic heterocycles. The van der Waals surface area contributed by atoms with E-state index in [0.717, 1.165) is 16.8 Å². The van der Waals surface area contributed by atoms with Crippen LogP contribution in [0.1, 0.15) is 58.4 Å². The number of benzene rings is 9. The Morgan fingerprint density at radius 2 is 1.03 bits per heavy atom. The molecule has 314 valence electrons. The van der Waals surface area contributed by atoms with E-state index in [2.05, 4.69) is 256 Å². The third-order valence-corrected chi connectivity index (χ3v) is 15.2. The fraction of sp³-hybridized carbons (Fsp3) is 0.0625. The van der Waals surface area contributed by atoms with Crippen LogP contribution in [0.25, 0.3) is 65.2 Å². The summed E-state index contributed by atoms with van der Waals surface area (Å²) in [7, 11) is 0. The van der Waals surface area contributed by atoms with Gasteiger partial charge >= 0.3 is 0 Å². The van der Waals surface area contributed by atoms with Gasteiger partial charge in [0.1, 0.15) is 0 Å². The highest BCUT2D eigenvalue weighted by Gasteiger charge is 2.53. The highest BCUT2D eigenvalue weighted by molar-refractivity contribution is 7.25. The second-order valence-electron chi connectivity index (χ2n) is 18.1. The molecule has 1 aromatic heterocycles. The summed E-state index contributed by atoms with van der Waals surface area (Å²) in [5.74, 6) is 0. The first-order valence-corrected chi connectivity index (χ1v) is 23.7. The molecule has 2 aliphatic rings. The van der Waals surface area contributed by atoms with Crippen molar-refractivity contribution in [1.82, 2.24) is 0 Å². The predicted molar refractivity (Wildman–Crippen MR) is 282 cm³/mol. The molecule has 2 aliphatic carbocycles. The lowest BCUT2D eigenvalue weighted by molar-refractivity contribution is 0.563. The van der Waals surface area contributed by atoms with Gasteiger partial charge in [-0.05, 0) is 126 Å². The Hall–Kier alpha value is -7.78. The lowest BCUT2D eigenvalue weighted by Gasteiger charge is -2.46. The van der Waals surface area contributed by atoms with Gasteiger partial charge in [0.15, 0.2) is 0 Å². The average Bonchev–Trinajstić information content (AvgIpc) is 3.89. The molecular formula is C64H47NS. The van der Waals surface area contributed by atoms with Gasteiger partial charge in [0.05, 0.1) is 5.41 Å². The van der Waals surface area contributed by atoms with Gasteiger partial charge in [-0.2, -0.15) is 0 Å². The SMILES string of the molecule is CC1(C)c2ccccc2C2(c3ccccc3-c3cc(C(/C=C\c4ccc(-c5ccccc5)cc4)=C/C=C/Nc4ccc(-c5ccc6sc7ccccc7c6c5)cc4)ccc32)c2ccccc21. The molecule has 0 unspecified atom stereocenters. The van der Waals surface area contributed by atoms with Gasteiger partial charge in [-0.25, -0.2) is 0 Å². The van der Waals surface area contributed by atoms with Gasteiger partial charge in [-0.15, -0.1) is 11.3 Å². The summed E-state index contributed by atoms with van der Waals surface area (Å²) in [6.45, 7) is 4.76. The van der Waals surface area contributed by atoms with Crippen molar-refractivity contribution in [3.8, 4) is 33.4 Å². The van der Waals surface area contributed by atoms with Crippen molar-refractivity contribution in [3.05, 3.63) is 281 Å². The average molecular weight is 862 g/mol. The monoisotopic (exact) mass is 861 g/mol. The van der Waals surface area contributed by atoms with Crippen molar-refractivity contribution in [2.24, 2.45) is 0 Å². The largest absolute Gasteiger partial charge is 0.362 e. The maximum Gasteiger partial charge on any atom is 0.0719 e. The Morgan fingerprint density at radius 1 is 0.455 bits per heavy atom. The lowest BCUT2D eigenvalue weighted by Crippen LogP contribution is -2.40. The van der Waals surface area contributed by atoms with Crippen LogP contribution in [0.3, 0.4) is 0 Å². The minimum absolute atomic E-state index is 0.132. The second kappa shape index (κ2) is 16.0. The van der Waals surface area contributed by atoms with Crippen molar-refractivity contribution < 1.29 is 0 Å². The van der Waals surface area contributed by atoms with E-state index in [4.69, 9.17) is 0 Å². The smallest absolute Gasteiger partial charge is 0.0719 e. The van der Waals surface area contributed by atoms with Crippen LogP contribution in [0.2, 0.25) is 0 Å². The normalized spacial score (nSPS) is 14.4. The van der Waals surface area contributed by atoms with Gasteiger partial charge in [-0.1, -0.05) is 208 Å². The van der Waals surface area contributed by atoms with Crippen LogP contribution >= 0.6 is 11.3 Å². The summed E-state index contributed by atoms with van der Waals surface area (Å²) in [6.07, 6.45) is 10.9. The van der Waals surface area contributed by atoms with Crippen molar-refractivity contribution in [2.75, 3.05) is 5.32 Å². The van der Waals surface area contributed by atoms with E-state index >= 15 is 0 Å². The van der Waals surface area contributed by atoms with Gasteiger partial charge in [-0.3, -0.25) is 0 Å². The molecule has 1 spiro atoms. The van der Waals surface area contributed by atoms with Crippen LogP contribution in [-0.4, -0.2) is 0 Å². The predicted octanol–water partition coefficient (Wildman–Crippen LogP) is 17.1. The number of allylic oxidation sites excluding steroid dienone is 4. The topological polar surface area (TPSA) is 12.0 Å². The second-order valence-corrected chi connectivity index (χ2v) is 19.2. The quantitative estimate of drug-likeness (QED) is 0.150. The standard InChI is InChI=1S/C64H47NS/c1-63(2)57-21-9-11-23-59(57)64(60-24-12-10-22-58(60)63)55-20-8-6-18-51(55)53-41-48(34-38-56(53)64)45(29-26-43-27-30-46(31-28-43)44-15-4-3-5-16-44)17-14-40-65-50-36-32-47(33-37-50)49-35-39-62-54(42-49)52-19-7-13-25-61(52)66-62/h3-42,65H,1-2H3/b29-26-,40-14+,45-17+. The molecule has 0 bridgehead atoms. The minimum Gasteiger partial charge on any atom is -0.362 e. The molecule has 0 fully saturated rings. The first-order valence-electron chi connectivity index (χ1n) is 22.9. The molecule has 66 heavy (non-hydrogen) atoms. The zero-order valence-electron chi connectivity index (χ0n) is 37.0. The number of hydrogen-bond acceptors (Lipinski definition) is 2. The molecule has 12 rings (SSSR count). The zero-order valence-corrected chi connectivity index (χ0v) is 37.8. The first kappa shape index (κ1) is 39.8. The van der Waals surface area contributed by atoms with Gasteiger partial charge in [0.25, 0.3) is 0 Å². The highest BCUT2D eigenvalue weighted by Crippen LogP contribution is 2.62. The molecule has 1 heterocycles. The van der Waals surface area contributed by atoms with E-state index in [1.807, 2.05) is 17.5 Å². The van der Waals surface area contributed by atoms with Crippen molar-refractivity contribution in [3.63, 3.8) is 0 Å². The molecule has 9 aromatic carbocycles. The molecular weight excluding hydrogens is 815 g/mol. The summed E-state index contributed by atoms with van der Waals surface area (Å²) in [5.41, 5.74) is 19.6. The Morgan fingerprint density at radius 3 is 1.79 bits per heavy atom. The summed E-state index contributed by atoms with van der Waals surface area (Å²) < 4.78 is 2.65. The molecule has 0 saturated carbocycles. The molecule has 1 N–H and O–H groups in total. The Balaban J connectivity index is 0.906. The van der Waals surface area contributed by atoms with Crippen LogP contribution < -0.4 is 5.32 Å². The fourth-order valence-corrected chi connectivity index (χ4v) is 11.9. The number of hydrogen-bond donors (Lipinski definition) is 1. The van der Waals surface area contributed by atoms with E-state index in [9.17, 15) is 0 Å². The molecule has 0 radical (unpaired) electrons. The van der Waals surface area contributed by atoms with Crippen molar-refractivity contribution in [1.29, 1.82) is 0 Å². The molecule has 1 nitrogen and oxygen atoms in total. The van der Waals surface area contributed by atoms with E-state index < -0.39 is 5.41 Å². The zero-order chi connectivity index (χ0) is 44.2. The van der Waals surface area contributed by atoms with Crippen LogP contribution in [0.5, 0.6) is 0 Å². The third kappa shape index (κ3) is 6.51. The van der Waals surface area contributed by atoms with Gasteiger partial charge in [0.2, 0.25) is 0 Å². The molecule has 10 aromatic rings. The summed E-state index contributed by atoms with van der Waals surface area (Å²) in [5, 5.41) is 6.19. The molecule has 0 atom stereocenters. The molecule has 2 heteroatoms. The van der Waals surface area contributed by atoms with Crippen LogP contribution in [0, 0.1) is 0 Å². The first-order chi connectivity index (χ1) is 32.5. The fourth-order valence-electron chi connectivity index (χ4n) is 10.9.